The molecule has 0 fully saturated rings. The van der Waals surface area contributed by atoms with Crippen molar-refractivity contribution in [2.75, 3.05) is 0 Å². The number of aromatic carboxylic acids is 1. The molecule has 0 aliphatic rings. The highest BCUT2D eigenvalue weighted by atomic mass is 16.4. The fourth-order valence-corrected chi connectivity index (χ4v) is 1.78. The Labute approximate surface area is 119 Å². The number of hydrogen-bond acceptors (Lipinski definition) is 5. The predicted molar refractivity (Wildman–Crippen MR) is 73.9 cm³/mol. The number of carbonyl (C=O) groups is 1. The lowest BCUT2D eigenvalue weighted by Crippen LogP contribution is -1.96. The molecule has 0 atom stereocenters. The van der Waals surface area contributed by atoms with E-state index in [1.165, 1.54) is 6.26 Å². The minimum absolute atomic E-state index is 0.126. The first-order valence-electron chi connectivity index (χ1n) is 6.08. The molecule has 3 rings (SSSR count). The molecule has 21 heavy (non-hydrogen) atoms. The summed E-state index contributed by atoms with van der Waals surface area (Å²) in [5, 5.41) is 23.5. The molecule has 0 saturated heterocycles. The maximum atomic E-state index is 11.2. The number of carboxylic acids is 1. The first kappa shape index (κ1) is 12.8. The second-order valence-corrected chi connectivity index (χ2v) is 4.11. The van der Waals surface area contributed by atoms with Crippen molar-refractivity contribution >= 4 is 17.3 Å². The van der Waals surface area contributed by atoms with Crippen LogP contribution in [0.2, 0.25) is 0 Å². The number of rotatable bonds is 4. The zero-order valence-corrected chi connectivity index (χ0v) is 10.7. The Morgan fingerprint density at radius 1 is 1.14 bits per heavy atom. The lowest BCUT2D eigenvalue weighted by molar-refractivity contribution is 0.0691. The van der Waals surface area contributed by atoms with Crippen molar-refractivity contribution in [2.24, 2.45) is 10.2 Å². The molecular weight excluding hydrogens is 272 g/mol. The number of H-pyrrole nitrogens is 1. The van der Waals surface area contributed by atoms with E-state index in [4.69, 9.17) is 9.52 Å². The molecule has 2 aromatic heterocycles. The van der Waals surface area contributed by atoms with E-state index in [1.807, 2.05) is 18.2 Å². The van der Waals surface area contributed by atoms with Crippen molar-refractivity contribution in [3.8, 4) is 11.5 Å². The van der Waals surface area contributed by atoms with Crippen LogP contribution in [-0.2, 0) is 0 Å². The number of nitrogens with one attached hydrogen (secondary N) is 1. The molecule has 0 radical (unpaired) electrons. The predicted octanol–water partition coefficient (Wildman–Crippen LogP) is 3.78. The first-order chi connectivity index (χ1) is 10.3. The van der Waals surface area contributed by atoms with E-state index in [-0.39, 0.29) is 11.4 Å². The van der Waals surface area contributed by atoms with Crippen LogP contribution in [0.25, 0.3) is 11.5 Å². The van der Waals surface area contributed by atoms with Crippen LogP contribution >= 0.6 is 0 Å². The van der Waals surface area contributed by atoms with Crippen LogP contribution < -0.4 is 0 Å². The fourth-order valence-electron chi connectivity index (χ4n) is 1.78. The van der Waals surface area contributed by atoms with Gasteiger partial charge in [-0.3, -0.25) is 5.10 Å². The minimum Gasteiger partial charge on any atom is -0.476 e. The van der Waals surface area contributed by atoms with Crippen LogP contribution in [0.1, 0.15) is 10.5 Å². The van der Waals surface area contributed by atoms with Gasteiger partial charge in [0.2, 0.25) is 0 Å². The maximum absolute atomic E-state index is 11.2. The van der Waals surface area contributed by atoms with E-state index in [0.29, 0.717) is 17.1 Å². The average Bonchev–Trinajstić information content (AvgIpc) is 3.15. The molecule has 7 nitrogen and oxygen atoms in total. The Kier molecular flexibility index (Phi) is 3.30. The SMILES string of the molecule is O=C(O)c1n[nH]c(-c2ccco2)c1N=Nc1ccccc1. The zero-order valence-electron chi connectivity index (χ0n) is 10.7. The second-order valence-electron chi connectivity index (χ2n) is 4.11. The summed E-state index contributed by atoms with van der Waals surface area (Å²) in [6, 6.07) is 12.4. The Balaban J connectivity index is 2.05. The number of aromatic amines is 1. The van der Waals surface area contributed by atoms with Gasteiger partial charge < -0.3 is 9.52 Å². The van der Waals surface area contributed by atoms with Crippen LogP contribution in [0.5, 0.6) is 0 Å². The number of nitrogens with zero attached hydrogens (tertiary/aromatic N) is 3. The van der Waals surface area contributed by atoms with Crippen LogP contribution in [0.3, 0.4) is 0 Å². The van der Waals surface area contributed by atoms with Gasteiger partial charge in [-0.25, -0.2) is 4.79 Å². The Hall–Kier alpha value is -3.22. The Morgan fingerprint density at radius 2 is 1.95 bits per heavy atom. The van der Waals surface area contributed by atoms with Gasteiger partial charge in [-0.1, -0.05) is 18.2 Å². The van der Waals surface area contributed by atoms with E-state index in [1.54, 1.807) is 24.3 Å². The van der Waals surface area contributed by atoms with Crippen molar-refractivity contribution in [1.29, 1.82) is 0 Å². The summed E-state index contributed by atoms with van der Waals surface area (Å²) in [4.78, 5) is 11.2. The summed E-state index contributed by atoms with van der Waals surface area (Å²) < 4.78 is 5.24. The van der Waals surface area contributed by atoms with E-state index in [0.717, 1.165) is 0 Å². The van der Waals surface area contributed by atoms with Crippen molar-refractivity contribution in [2.45, 2.75) is 0 Å². The third-order valence-electron chi connectivity index (χ3n) is 2.73. The van der Waals surface area contributed by atoms with Gasteiger partial charge in [0, 0.05) is 0 Å². The average molecular weight is 282 g/mol. The number of benzene rings is 1. The van der Waals surface area contributed by atoms with Gasteiger partial charge in [0.25, 0.3) is 0 Å². The van der Waals surface area contributed by atoms with Gasteiger partial charge in [-0.15, -0.1) is 5.11 Å². The Morgan fingerprint density at radius 3 is 2.62 bits per heavy atom. The van der Waals surface area contributed by atoms with E-state index >= 15 is 0 Å². The Bertz CT molecular complexity index is 776. The second kappa shape index (κ2) is 5.41. The van der Waals surface area contributed by atoms with Gasteiger partial charge >= 0.3 is 5.97 Å². The summed E-state index contributed by atoms with van der Waals surface area (Å²) >= 11 is 0. The molecule has 0 bridgehead atoms. The molecule has 0 spiro atoms. The molecule has 0 aliphatic heterocycles. The molecular formula is C14H10N4O3. The summed E-state index contributed by atoms with van der Waals surface area (Å²) in [6.45, 7) is 0. The lowest BCUT2D eigenvalue weighted by atomic mass is 10.2. The van der Waals surface area contributed by atoms with Crippen LogP contribution in [0.4, 0.5) is 11.4 Å². The van der Waals surface area contributed by atoms with E-state index in [9.17, 15) is 4.79 Å². The molecule has 0 saturated carbocycles. The highest BCUT2D eigenvalue weighted by Crippen LogP contribution is 2.32. The number of aromatic nitrogens is 2. The maximum Gasteiger partial charge on any atom is 0.358 e. The van der Waals surface area contributed by atoms with Crippen LogP contribution in [-0.4, -0.2) is 21.3 Å². The van der Waals surface area contributed by atoms with Gasteiger partial charge in [0.1, 0.15) is 11.4 Å². The number of azo groups is 1. The highest BCUT2D eigenvalue weighted by molar-refractivity contribution is 5.94. The third-order valence-corrected chi connectivity index (χ3v) is 2.73. The lowest BCUT2D eigenvalue weighted by Gasteiger charge is -1.95. The molecule has 0 unspecified atom stereocenters. The molecule has 2 heterocycles. The van der Waals surface area contributed by atoms with Gasteiger partial charge in [-0.05, 0) is 24.3 Å². The van der Waals surface area contributed by atoms with Crippen molar-refractivity contribution in [1.82, 2.24) is 10.2 Å². The molecule has 2 N–H and O–H groups in total. The number of hydrogen-bond donors (Lipinski definition) is 2. The fraction of sp³-hybridized carbons (Fsp3) is 0. The molecule has 3 aromatic rings. The summed E-state index contributed by atoms with van der Waals surface area (Å²) in [5.74, 6) is -0.747. The van der Waals surface area contributed by atoms with Crippen molar-refractivity contribution in [3.63, 3.8) is 0 Å². The quantitative estimate of drug-likeness (QED) is 0.710. The molecule has 0 aliphatic carbocycles. The summed E-state index contributed by atoms with van der Waals surface area (Å²) in [6.07, 6.45) is 1.48. The summed E-state index contributed by atoms with van der Waals surface area (Å²) in [7, 11) is 0. The molecule has 7 heteroatoms. The van der Waals surface area contributed by atoms with Gasteiger partial charge in [0.05, 0.1) is 12.0 Å². The van der Waals surface area contributed by atoms with Crippen molar-refractivity contribution < 1.29 is 14.3 Å². The molecule has 1 aromatic carbocycles. The monoisotopic (exact) mass is 282 g/mol. The largest absolute Gasteiger partial charge is 0.476 e. The highest BCUT2D eigenvalue weighted by Gasteiger charge is 2.21. The van der Waals surface area contributed by atoms with Crippen molar-refractivity contribution in [3.05, 3.63) is 54.4 Å². The summed E-state index contributed by atoms with van der Waals surface area (Å²) in [5.41, 5.74) is 0.903. The number of carboxylic acid groups (broad SMARTS) is 1. The van der Waals surface area contributed by atoms with Crippen LogP contribution in [0, 0.1) is 0 Å². The standard InChI is InChI=1S/C14H10N4O3/c19-14(20)13-12(17-15-9-5-2-1-3-6-9)11(16-18-13)10-7-4-8-21-10/h1-8H,(H,16,18)(H,19,20). The zero-order chi connectivity index (χ0) is 14.7. The third kappa shape index (κ3) is 2.57. The molecule has 0 amide bonds. The smallest absolute Gasteiger partial charge is 0.358 e. The first-order valence-corrected chi connectivity index (χ1v) is 6.08. The van der Waals surface area contributed by atoms with E-state index < -0.39 is 5.97 Å². The van der Waals surface area contributed by atoms with Gasteiger partial charge in [0.15, 0.2) is 11.5 Å². The molecule has 104 valence electrons. The van der Waals surface area contributed by atoms with Gasteiger partial charge in [-0.2, -0.15) is 10.2 Å². The normalized spacial score (nSPS) is 11.0. The number of furan rings is 1. The minimum atomic E-state index is -1.19. The van der Waals surface area contributed by atoms with Crippen LogP contribution in [0.15, 0.2) is 63.4 Å². The topological polar surface area (TPSA) is 104 Å². The van der Waals surface area contributed by atoms with E-state index in [2.05, 4.69) is 20.4 Å².